The monoisotopic (exact) mass is 250 g/mol. The Hall–Kier alpha value is -2.06. The fraction of sp³-hybridized carbons (Fsp3) is 0.176. The molecule has 0 saturated carbocycles. The predicted octanol–water partition coefficient (Wildman–Crippen LogP) is 3.57. The average Bonchev–Trinajstić information content (AvgIpc) is 2.93. The summed E-state index contributed by atoms with van der Waals surface area (Å²) in [5, 5.41) is 2.56. The van der Waals surface area contributed by atoms with Gasteiger partial charge in [-0.25, -0.2) is 0 Å². The number of aromatic amines is 1. The minimum absolute atomic E-state index is 0.261. The van der Waals surface area contributed by atoms with Gasteiger partial charge in [0.1, 0.15) is 0 Å². The molecule has 96 valence electrons. The van der Waals surface area contributed by atoms with Crippen LogP contribution in [0.2, 0.25) is 0 Å². The smallest absolute Gasteiger partial charge is 0.0227 e. The third-order valence-electron chi connectivity index (χ3n) is 3.68. The summed E-state index contributed by atoms with van der Waals surface area (Å²) in [6, 6.07) is 15.3. The van der Waals surface area contributed by atoms with Crippen molar-refractivity contribution in [2.45, 2.75) is 12.8 Å². The van der Waals surface area contributed by atoms with Crippen molar-refractivity contribution in [1.82, 2.24) is 4.98 Å². The molecule has 0 bridgehead atoms. The van der Waals surface area contributed by atoms with Crippen molar-refractivity contribution in [3.8, 4) is 0 Å². The number of rotatable bonds is 3. The fourth-order valence-electron chi connectivity index (χ4n) is 2.62. The summed E-state index contributed by atoms with van der Waals surface area (Å²) < 4.78 is 0. The van der Waals surface area contributed by atoms with E-state index >= 15 is 0 Å². The first kappa shape index (κ1) is 12.0. The molecule has 0 saturated heterocycles. The second-order valence-electron chi connectivity index (χ2n) is 5.04. The summed E-state index contributed by atoms with van der Waals surface area (Å²) in [6.45, 7) is 2.74. The summed E-state index contributed by atoms with van der Waals surface area (Å²) in [5.74, 6) is 0.261. The van der Waals surface area contributed by atoms with E-state index < -0.39 is 0 Å². The minimum atomic E-state index is 0.261. The van der Waals surface area contributed by atoms with Crippen LogP contribution in [0.3, 0.4) is 0 Å². The molecule has 1 heterocycles. The Kier molecular flexibility index (Phi) is 3.10. The van der Waals surface area contributed by atoms with E-state index in [0.717, 1.165) is 0 Å². The molecule has 0 radical (unpaired) electrons. The van der Waals surface area contributed by atoms with E-state index in [1.165, 1.54) is 27.5 Å². The molecule has 0 aliphatic heterocycles. The maximum Gasteiger partial charge on any atom is 0.0227 e. The standard InChI is InChI=1S/C17H18N2/c1-12-2-3-14-9-15(5-4-13(14)8-12)17(10-18)16-6-7-19-11-16/h2-9,11,17,19H,10,18H2,1H3. The highest BCUT2D eigenvalue weighted by atomic mass is 14.6. The van der Waals surface area contributed by atoms with Gasteiger partial charge in [-0.3, -0.25) is 0 Å². The maximum absolute atomic E-state index is 5.95. The van der Waals surface area contributed by atoms with Crippen molar-refractivity contribution in [2.24, 2.45) is 5.73 Å². The zero-order chi connectivity index (χ0) is 13.2. The molecule has 0 aliphatic carbocycles. The Bertz CT molecular complexity index is 684. The molecule has 1 unspecified atom stereocenters. The number of nitrogens with one attached hydrogen (secondary N) is 1. The first-order valence-electron chi connectivity index (χ1n) is 6.61. The molecule has 1 atom stereocenters. The van der Waals surface area contributed by atoms with Crippen LogP contribution >= 0.6 is 0 Å². The fourth-order valence-corrected chi connectivity index (χ4v) is 2.62. The third-order valence-corrected chi connectivity index (χ3v) is 3.68. The first-order chi connectivity index (χ1) is 9.28. The lowest BCUT2D eigenvalue weighted by Gasteiger charge is -2.14. The highest BCUT2D eigenvalue weighted by Gasteiger charge is 2.13. The molecule has 19 heavy (non-hydrogen) atoms. The number of hydrogen-bond donors (Lipinski definition) is 2. The van der Waals surface area contributed by atoms with Crippen LogP contribution in [0.5, 0.6) is 0 Å². The average molecular weight is 250 g/mol. The quantitative estimate of drug-likeness (QED) is 0.733. The SMILES string of the molecule is Cc1ccc2cc(C(CN)c3cc[nH]c3)ccc2c1. The van der Waals surface area contributed by atoms with Crippen molar-refractivity contribution in [3.63, 3.8) is 0 Å². The second-order valence-corrected chi connectivity index (χ2v) is 5.04. The number of fused-ring (bicyclic) bond motifs is 1. The number of aromatic nitrogens is 1. The Labute approximate surface area is 113 Å². The van der Waals surface area contributed by atoms with Crippen molar-refractivity contribution >= 4 is 10.8 Å². The van der Waals surface area contributed by atoms with Gasteiger partial charge in [0.15, 0.2) is 0 Å². The summed E-state index contributed by atoms with van der Waals surface area (Å²) in [6.07, 6.45) is 3.97. The van der Waals surface area contributed by atoms with Crippen LogP contribution in [0.1, 0.15) is 22.6 Å². The van der Waals surface area contributed by atoms with Crippen LogP contribution < -0.4 is 5.73 Å². The molecule has 3 aromatic rings. The molecular weight excluding hydrogens is 232 g/mol. The van der Waals surface area contributed by atoms with Crippen LogP contribution in [-0.4, -0.2) is 11.5 Å². The Morgan fingerprint density at radius 3 is 2.53 bits per heavy atom. The zero-order valence-electron chi connectivity index (χ0n) is 11.1. The lowest BCUT2D eigenvalue weighted by atomic mass is 9.91. The second kappa shape index (κ2) is 4.90. The normalized spacial score (nSPS) is 12.7. The van der Waals surface area contributed by atoms with Gasteiger partial charge in [-0.2, -0.15) is 0 Å². The zero-order valence-corrected chi connectivity index (χ0v) is 11.1. The predicted molar refractivity (Wildman–Crippen MR) is 80.4 cm³/mol. The Morgan fingerprint density at radius 1 is 1.00 bits per heavy atom. The topological polar surface area (TPSA) is 41.8 Å². The van der Waals surface area contributed by atoms with E-state index in [4.69, 9.17) is 5.73 Å². The summed E-state index contributed by atoms with van der Waals surface area (Å²) in [4.78, 5) is 3.10. The van der Waals surface area contributed by atoms with E-state index in [0.29, 0.717) is 6.54 Å². The summed E-state index contributed by atoms with van der Waals surface area (Å²) in [7, 11) is 0. The Morgan fingerprint density at radius 2 is 1.79 bits per heavy atom. The van der Waals surface area contributed by atoms with E-state index in [2.05, 4.69) is 54.4 Å². The minimum Gasteiger partial charge on any atom is -0.367 e. The van der Waals surface area contributed by atoms with Gasteiger partial charge in [0, 0.05) is 24.9 Å². The lowest BCUT2D eigenvalue weighted by Crippen LogP contribution is -2.13. The summed E-state index contributed by atoms with van der Waals surface area (Å²) >= 11 is 0. The van der Waals surface area contributed by atoms with Gasteiger partial charge in [0.2, 0.25) is 0 Å². The molecule has 1 aromatic heterocycles. The third kappa shape index (κ3) is 2.27. The van der Waals surface area contributed by atoms with Crippen LogP contribution in [-0.2, 0) is 0 Å². The molecule has 0 amide bonds. The van der Waals surface area contributed by atoms with E-state index in [9.17, 15) is 0 Å². The van der Waals surface area contributed by atoms with E-state index in [1.807, 2.05) is 12.4 Å². The van der Waals surface area contributed by atoms with Crippen LogP contribution in [0, 0.1) is 6.92 Å². The van der Waals surface area contributed by atoms with Crippen LogP contribution in [0.4, 0.5) is 0 Å². The number of aryl methyl sites for hydroxylation is 1. The van der Waals surface area contributed by atoms with Gasteiger partial charge in [-0.15, -0.1) is 0 Å². The van der Waals surface area contributed by atoms with Gasteiger partial charge >= 0.3 is 0 Å². The van der Waals surface area contributed by atoms with Gasteiger partial charge in [0.05, 0.1) is 0 Å². The van der Waals surface area contributed by atoms with E-state index in [1.54, 1.807) is 0 Å². The van der Waals surface area contributed by atoms with Crippen LogP contribution in [0.15, 0.2) is 54.9 Å². The van der Waals surface area contributed by atoms with Crippen LogP contribution in [0.25, 0.3) is 10.8 Å². The highest BCUT2D eigenvalue weighted by Crippen LogP contribution is 2.27. The van der Waals surface area contributed by atoms with Crippen molar-refractivity contribution < 1.29 is 0 Å². The largest absolute Gasteiger partial charge is 0.367 e. The molecule has 0 spiro atoms. The lowest BCUT2D eigenvalue weighted by molar-refractivity contribution is 0.822. The molecule has 3 N–H and O–H groups in total. The number of nitrogens with two attached hydrogens (primary N) is 1. The molecular formula is C17H18N2. The molecule has 2 heteroatoms. The van der Waals surface area contributed by atoms with Crippen molar-refractivity contribution in [3.05, 3.63) is 71.5 Å². The van der Waals surface area contributed by atoms with Crippen molar-refractivity contribution in [1.29, 1.82) is 0 Å². The van der Waals surface area contributed by atoms with Gasteiger partial charge in [0.25, 0.3) is 0 Å². The van der Waals surface area contributed by atoms with E-state index in [-0.39, 0.29) is 5.92 Å². The molecule has 0 aliphatic rings. The molecule has 2 aromatic carbocycles. The van der Waals surface area contributed by atoms with Gasteiger partial charge in [-0.1, -0.05) is 42.0 Å². The number of H-pyrrole nitrogens is 1. The van der Waals surface area contributed by atoms with Gasteiger partial charge < -0.3 is 10.7 Å². The van der Waals surface area contributed by atoms with Crippen molar-refractivity contribution in [2.75, 3.05) is 6.54 Å². The highest BCUT2D eigenvalue weighted by molar-refractivity contribution is 5.84. The first-order valence-corrected chi connectivity index (χ1v) is 6.61. The molecule has 0 fully saturated rings. The Balaban J connectivity index is 2.07. The molecule has 3 rings (SSSR count). The van der Waals surface area contributed by atoms with Gasteiger partial charge in [-0.05, 0) is 34.9 Å². The number of hydrogen-bond acceptors (Lipinski definition) is 1. The maximum atomic E-state index is 5.95. The molecule has 2 nitrogen and oxygen atoms in total. The summed E-state index contributed by atoms with van der Waals surface area (Å²) in [5.41, 5.74) is 9.76. The number of benzene rings is 2.